The smallest absolute Gasteiger partial charge is 0.232 e. The van der Waals surface area contributed by atoms with E-state index in [0.717, 1.165) is 12.8 Å². The van der Waals surface area contributed by atoms with Crippen molar-refractivity contribution in [3.63, 3.8) is 0 Å². The second-order valence-electron chi connectivity index (χ2n) is 3.71. The van der Waals surface area contributed by atoms with Gasteiger partial charge in [0.2, 0.25) is 5.91 Å². The number of aromatic nitrogens is 1. The maximum Gasteiger partial charge on any atom is 0.232 e. The van der Waals surface area contributed by atoms with E-state index in [9.17, 15) is 4.79 Å². The van der Waals surface area contributed by atoms with Crippen LogP contribution in [-0.2, 0) is 4.79 Å². The van der Waals surface area contributed by atoms with Crippen molar-refractivity contribution < 1.29 is 4.79 Å². The van der Waals surface area contributed by atoms with E-state index in [1.165, 1.54) is 17.8 Å². The molecule has 1 aromatic heterocycles. The van der Waals surface area contributed by atoms with Crippen molar-refractivity contribution in [3.05, 3.63) is 11.6 Å². The van der Waals surface area contributed by atoms with Crippen molar-refractivity contribution in [2.24, 2.45) is 5.41 Å². The summed E-state index contributed by atoms with van der Waals surface area (Å²) < 4.78 is 0. The van der Waals surface area contributed by atoms with Gasteiger partial charge in [-0.2, -0.15) is 0 Å². The van der Waals surface area contributed by atoms with Crippen LogP contribution in [-0.4, -0.2) is 10.9 Å². The molecule has 0 radical (unpaired) electrons. The highest BCUT2D eigenvalue weighted by atomic mass is 32.1. The molecule has 1 N–H and O–H groups in total. The Balaban J connectivity index is 1.99. The number of hydrogen-bond donors (Lipinski definition) is 1. The summed E-state index contributed by atoms with van der Waals surface area (Å²) in [6.45, 7) is 2.01. The third kappa shape index (κ3) is 1.58. The summed E-state index contributed by atoms with van der Waals surface area (Å²) in [5, 5.41) is 5.40. The molecule has 0 aliphatic heterocycles. The van der Waals surface area contributed by atoms with Gasteiger partial charge in [-0.25, -0.2) is 4.98 Å². The van der Waals surface area contributed by atoms with Gasteiger partial charge in [-0.1, -0.05) is 13.3 Å². The van der Waals surface area contributed by atoms with E-state index in [0.29, 0.717) is 5.13 Å². The van der Waals surface area contributed by atoms with Gasteiger partial charge in [-0.05, 0) is 12.8 Å². The summed E-state index contributed by atoms with van der Waals surface area (Å²) in [5.41, 5.74) is -0.133. The number of carbonyl (C=O) groups excluding carboxylic acids is 1. The highest BCUT2D eigenvalue weighted by Crippen LogP contribution is 2.41. The fourth-order valence-electron chi connectivity index (χ4n) is 1.47. The van der Waals surface area contributed by atoms with Crippen LogP contribution in [0.5, 0.6) is 0 Å². The molecule has 2 rings (SSSR count). The Bertz CT molecular complexity index is 303. The fourth-order valence-corrected chi connectivity index (χ4v) is 1.99. The Morgan fingerprint density at radius 3 is 2.92 bits per heavy atom. The van der Waals surface area contributed by atoms with Gasteiger partial charge in [-0.15, -0.1) is 11.3 Å². The molecular weight excluding hydrogens is 184 g/mol. The molecule has 1 fully saturated rings. The van der Waals surface area contributed by atoms with E-state index in [-0.39, 0.29) is 11.3 Å². The van der Waals surface area contributed by atoms with Gasteiger partial charge in [-0.3, -0.25) is 4.79 Å². The summed E-state index contributed by atoms with van der Waals surface area (Å²) >= 11 is 1.46. The lowest BCUT2D eigenvalue weighted by Gasteiger charge is -2.36. The lowest BCUT2D eigenvalue weighted by Crippen LogP contribution is -2.39. The quantitative estimate of drug-likeness (QED) is 0.788. The van der Waals surface area contributed by atoms with Gasteiger partial charge in [0, 0.05) is 17.0 Å². The maximum atomic E-state index is 11.7. The van der Waals surface area contributed by atoms with Crippen molar-refractivity contribution in [1.29, 1.82) is 0 Å². The van der Waals surface area contributed by atoms with Crippen molar-refractivity contribution >= 4 is 22.4 Å². The van der Waals surface area contributed by atoms with Crippen LogP contribution in [0.2, 0.25) is 0 Å². The minimum atomic E-state index is -0.133. The average molecular weight is 196 g/mol. The van der Waals surface area contributed by atoms with Gasteiger partial charge in [0.05, 0.1) is 0 Å². The van der Waals surface area contributed by atoms with Crippen LogP contribution in [0.25, 0.3) is 0 Å². The number of nitrogens with one attached hydrogen (secondary N) is 1. The van der Waals surface area contributed by atoms with Crippen LogP contribution in [0.1, 0.15) is 26.2 Å². The molecule has 1 aromatic rings. The van der Waals surface area contributed by atoms with Crippen LogP contribution in [0.15, 0.2) is 11.6 Å². The van der Waals surface area contributed by atoms with E-state index < -0.39 is 0 Å². The second-order valence-corrected chi connectivity index (χ2v) is 4.60. The molecule has 1 heterocycles. The predicted molar refractivity (Wildman–Crippen MR) is 52.7 cm³/mol. The van der Waals surface area contributed by atoms with Crippen molar-refractivity contribution in [3.8, 4) is 0 Å². The highest BCUT2D eigenvalue weighted by Gasteiger charge is 2.39. The second kappa shape index (κ2) is 3.10. The van der Waals surface area contributed by atoms with Crippen molar-refractivity contribution in [2.45, 2.75) is 26.2 Å². The number of thiazole rings is 1. The summed E-state index contributed by atoms with van der Waals surface area (Å²) in [5.74, 6) is 0.119. The zero-order valence-electron chi connectivity index (χ0n) is 7.54. The van der Waals surface area contributed by atoms with Gasteiger partial charge in [0.25, 0.3) is 0 Å². The van der Waals surface area contributed by atoms with Crippen LogP contribution >= 0.6 is 11.3 Å². The molecule has 0 spiro atoms. The number of rotatable bonds is 2. The molecule has 70 valence electrons. The number of amides is 1. The molecule has 0 aromatic carbocycles. The number of hydrogen-bond acceptors (Lipinski definition) is 3. The van der Waals surface area contributed by atoms with E-state index in [1.54, 1.807) is 6.20 Å². The zero-order valence-corrected chi connectivity index (χ0v) is 8.36. The first kappa shape index (κ1) is 8.69. The Kier molecular flexibility index (Phi) is 2.07. The minimum absolute atomic E-state index is 0.119. The minimum Gasteiger partial charge on any atom is -0.302 e. The van der Waals surface area contributed by atoms with Gasteiger partial charge < -0.3 is 5.32 Å². The molecule has 0 unspecified atom stereocenters. The van der Waals surface area contributed by atoms with Gasteiger partial charge in [0.1, 0.15) is 0 Å². The lowest BCUT2D eigenvalue weighted by atomic mass is 9.70. The van der Waals surface area contributed by atoms with E-state index in [4.69, 9.17) is 0 Å². The standard InChI is InChI=1S/C9H12N2OS/c1-9(3-2-4-9)7(12)11-8-10-5-6-13-8/h5-6H,2-4H2,1H3,(H,10,11,12). The molecule has 1 amide bonds. The van der Waals surface area contributed by atoms with E-state index >= 15 is 0 Å². The van der Waals surface area contributed by atoms with Gasteiger partial charge in [0.15, 0.2) is 5.13 Å². The van der Waals surface area contributed by atoms with Crippen LogP contribution < -0.4 is 5.32 Å². The highest BCUT2D eigenvalue weighted by molar-refractivity contribution is 7.13. The SMILES string of the molecule is CC1(C(=O)Nc2nccs2)CCC1. The molecule has 1 aliphatic carbocycles. The maximum absolute atomic E-state index is 11.7. The summed E-state index contributed by atoms with van der Waals surface area (Å²) in [4.78, 5) is 15.7. The van der Waals surface area contributed by atoms with Crippen molar-refractivity contribution in [2.75, 3.05) is 5.32 Å². The first-order valence-corrected chi connectivity index (χ1v) is 5.30. The first-order valence-electron chi connectivity index (χ1n) is 4.42. The number of anilines is 1. The van der Waals surface area contributed by atoms with Crippen LogP contribution in [0, 0.1) is 5.41 Å². The summed E-state index contributed by atoms with van der Waals surface area (Å²) in [7, 11) is 0. The molecule has 3 nitrogen and oxygen atoms in total. The van der Waals surface area contributed by atoms with Gasteiger partial charge >= 0.3 is 0 Å². The number of carbonyl (C=O) groups is 1. The molecule has 4 heteroatoms. The lowest BCUT2D eigenvalue weighted by molar-refractivity contribution is -0.128. The van der Waals surface area contributed by atoms with E-state index in [2.05, 4.69) is 10.3 Å². The monoisotopic (exact) mass is 196 g/mol. The molecular formula is C9H12N2OS. The Hall–Kier alpha value is -0.900. The first-order chi connectivity index (χ1) is 6.21. The predicted octanol–water partition coefficient (Wildman–Crippen LogP) is 2.27. The fraction of sp³-hybridized carbons (Fsp3) is 0.556. The molecule has 13 heavy (non-hydrogen) atoms. The third-order valence-corrected chi connectivity index (χ3v) is 3.35. The molecule has 1 saturated carbocycles. The largest absolute Gasteiger partial charge is 0.302 e. The Morgan fingerprint density at radius 1 is 1.69 bits per heavy atom. The number of nitrogens with zero attached hydrogens (tertiary/aromatic N) is 1. The van der Waals surface area contributed by atoms with Crippen LogP contribution in [0.4, 0.5) is 5.13 Å². The van der Waals surface area contributed by atoms with Crippen molar-refractivity contribution in [1.82, 2.24) is 4.98 Å². The molecule has 0 atom stereocenters. The summed E-state index contributed by atoms with van der Waals surface area (Å²) in [6, 6.07) is 0. The van der Waals surface area contributed by atoms with E-state index in [1.807, 2.05) is 12.3 Å². The third-order valence-electron chi connectivity index (χ3n) is 2.66. The van der Waals surface area contributed by atoms with Crippen LogP contribution in [0.3, 0.4) is 0 Å². The topological polar surface area (TPSA) is 42.0 Å². The molecule has 1 aliphatic rings. The Morgan fingerprint density at radius 2 is 2.46 bits per heavy atom. The normalized spacial score (nSPS) is 19.2. The molecule has 0 bridgehead atoms. The molecule has 0 saturated heterocycles. The average Bonchev–Trinajstić information content (AvgIpc) is 2.52. The summed E-state index contributed by atoms with van der Waals surface area (Å²) in [6.07, 6.45) is 4.87. The zero-order chi connectivity index (χ0) is 9.31. The Labute approximate surface area is 81.2 Å².